The van der Waals surface area contributed by atoms with Crippen LogP contribution < -0.4 is 11.1 Å². The Labute approximate surface area is 102 Å². The zero-order chi connectivity index (χ0) is 12.3. The molecule has 0 spiro atoms. The van der Waals surface area contributed by atoms with Gasteiger partial charge in [-0.3, -0.25) is 0 Å². The second-order valence-electron chi connectivity index (χ2n) is 3.10. The monoisotopic (exact) mass is 251 g/mol. The third-order valence-electron chi connectivity index (χ3n) is 2.04. The van der Waals surface area contributed by atoms with Gasteiger partial charge in [0, 0.05) is 11.1 Å². The first kappa shape index (κ1) is 11.6. The van der Waals surface area contributed by atoms with E-state index in [2.05, 4.69) is 20.3 Å². The summed E-state index contributed by atoms with van der Waals surface area (Å²) in [6, 6.07) is 3.68. The first-order valence-corrected chi connectivity index (χ1v) is 5.97. The zero-order valence-corrected chi connectivity index (χ0v) is 9.83. The van der Waals surface area contributed by atoms with Crippen molar-refractivity contribution in [3.05, 3.63) is 30.5 Å². The van der Waals surface area contributed by atoms with Crippen LogP contribution in [0.15, 0.2) is 29.6 Å². The van der Waals surface area contributed by atoms with Crippen LogP contribution in [0, 0.1) is 5.82 Å². The molecular formula is C10H10FN5S. The number of halogens is 1. The van der Waals surface area contributed by atoms with Gasteiger partial charge < -0.3 is 11.1 Å². The predicted molar refractivity (Wildman–Crippen MR) is 65.7 cm³/mol. The average Bonchev–Trinajstić information content (AvgIpc) is 2.35. The van der Waals surface area contributed by atoms with Gasteiger partial charge >= 0.3 is 0 Å². The Balaban J connectivity index is 2.35. The summed E-state index contributed by atoms with van der Waals surface area (Å²) in [6.07, 6.45) is 4.72. The van der Waals surface area contributed by atoms with Crippen LogP contribution in [0.5, 0.6) is 0 Å². The summed E-state index contributed by atoms with van der Waals surface area (Å²) < 4.78 is 13.6. The summed E-state index contributed by atoms with van der Waals surface area (Å²) in [7, 11) is 0. The number of aromatic nitrogens is 3. The van der Waals surface area contributed by atoms with Gasteiger partial charge in [-0.25, -0.2) is 15.0 Å². The summed E-state index contributed by atoms with van der Waals surface area (Å²) in [5, 5.41) is 2.79. The normalized spacial score (nSPS) is 10.2. The molecule has 0 bridgehead atoms. The molecule has 0 amide bonds. The molecule has 88 valence electrons. The van der Waals surface area contributed by atoms with Crippen molar-refractivity contribution >= 4 is 29.2 Å². The topological polar surface area (TPSA) is 76.7 Å². The number of nitrogens with zero attached hydrogens (tertiary/aromatic N) is 3. The fourth-order valence-electron chi connectivity index (χ4n) is 1.23. The predicted octanol–water partition coefficient (Wildman–Crippen LogP) is 2.06. The van der Waals surface area contributed by atoms with Crippen LogP contribution in [0.1, 0.15) is 0 Å². The summed E-state index contributed by atoms with van der Waals surface area (Å²) >= 11 is 1.50. The fourth-order valence-corrected chi connectivity index (χ4v) is 1.74. The van der Waals surface area contributed by atoms with E-state index in [-0.39, 0.29) is 11.6 Å². The van der Waals surface area contributed by atoms with Gasteiger partial charge in [0.2, 0.25) is 5.82 Å². The number of hydrogen-bond acceptors (Lipinski definition) is 6. The van der Waals surface area contributed by atoms with Gasteiger partial charge in [0.15, 0.2) is 11.6 Å². The Bertz CT molecular complexity index is 534. The van der Waals surface area contributed by atoms with E-state index in [0.29, 0.717) is 5.82 Å². The maximum atomic E-state index is 13.6. The molecule has 0 unspecified atom stereocenters. The van der Waals surface area contributed by atoms with Crippen molar-refractivity contribution in [3.63, 3.8) is 0 Å². The molecule has 2 aromatic rings. The minimum atomic E-state index is -0.676. The summed E-state index contributed by atoms with van der Waals surface area (Å²) in [5.74, 6) is -0.308. The van der Waals surface area contributed by atoms with Crippen molar-refractivity contribution in [3.8, 4) is 0 Å². The van der Waals surface area contributed by atoms with E-state index in [1.165, 1.54) is 18.1 Å². The molecule has 0 radical (unpaired) electrons. The Morgan fingerprint density at radius 3 is 2.88 bits per heavy atom. The van der Waals surface area contributed by atoms with Crippen LogP contribution in [0.2, 0.25) is 0 Å². The van der Waals surface area contributed by atoms with Crippen LogP contribution in [-0.4, -0.2) is 21.2 Å². The zero-order valence-electron chi connectivity index (χ0n) is 9.01. The first-order chi connectivity index (χ1) is 8.22. The largest absolute Gasteiger partial charge is 0.381 e. The molecule has 0 aromatic carbocycles. The Hall–Kier alpha value is -1.89. The third-order valence-corrected chi connectivity index (χ3v) is 2.81. The minimum absolute atomic E-state index is 0.0199. The molecule has 0 aliphatic rings. The summed E-state index contributed by atoms with van der Waals surface area (Å²) in [4.78, 5) is 12.3. The Morgan fingerprint density at radius 2 is 2.12 bits per heavy atom. The van der Waals surface area contributed by atoms with Crippen molar-refractivity contribution < 1.29 is 4.39 Å². The lowest BCUT2D eigenvalue weighted by molar-refractivity contribution is 0.624. The standard InChI is InChI=1S/C10H10FN5S/c1-17-6-3-2-4-13-9(6)16-10-7(11)8(12)14-5-15-10/h2-5H,1H3,(H3,12,13,14,15,16). The number of rotatable bonds is 3. The van der Waals surface area contributed by atoms with E-state index in [9.17, 15) is 4.39 Å². The Morgan fingerprint density at radius 1 is 1.29 bits per heavy atom. The van der Waals surface area contributed by atoms with E-state index < -0.39 is 5.82 Å². The van der Waals surface area contributed by atoms with Gasteiger partial charge in [-0.2, -0.15) is 4.39 Å². The van der Waals surface area contributed by atoms with E-state index in [1.807, 2.05) is 18.4 Å². The number of hydrogen-bond donors (Lipinski definition) is 2. The quantitative estimate of drug-likeness (QED) is 0.813. The van der Waals surface area contributed by atoms with Crippen LogP contribution in [0.4, 0.5) is 21.8 Å². The third kappa shape index (κ3) is 2.44. The lowest BCUT2D eigenvalue weighted by Gasteiger charge is -2.09. The van der Waals surface area contributed by atoms with Crippen molar-refractivity contribution in [2.75, 3.05) is 17.3 Å². The lowest BCUT2D eigenvalue weighted by Crippen LogP contribution is -2.04. The number of nitrogens with one attached hydrogen (secondary N) is 1. The Kier molecular flexibility index (Phi) is 3.38. The highest BCUT2D eigenvalue weighted by Gasteiger charge is 2.10. The highest BCUT2D eigenvalue weighted by atomic mass is 32.2. The first-order valence-electron chi connectivity index (χ1n) is 4.74. The van der Waals surface area contributed by atoms with Gasteiger partial charge in [-0.1, -0.05) is 0 Å². The highest BCUT2D eigenvalue weighted by molar-refractivity contribution is 7.98. The highest BCUT2D eigenvalue weighted by Crippen LogP contribution is 2.26. The van der Waals surface area contributed by atoms with E-state index >= 15 is 0 Å². The number of nitrogens with two attached hydrogens (primary N) is 1. The molecule has 2 heterocycles. The van der Waals surface area contributed by atoms with Crippen molar-refractivity contribution in [2.24, 2.45) is 0 Å². The van der Waals surface area contributed by atoms with Crippen molar-refractivity contribution in [1.82, 2.24) is 15.0 Å². The molecule has 0 aliphatic heterocycles. The van der Waals surface area contributed by atoms with Gasteiger partial charge in [-0.15, -0.1) is 11.8 Å². The van der Waals surface area contributed by atoms with Crippen LogP contribution >= 0.6 is 11.8 Å². The van der Waals surface area contributed by atoms with E-state index in [0.717, 1.165) is 4.90 Å². The molecule has 5 nitrogen and oxygen atoms in total. The molecule has 0 saturated carbocycles. The molecule has 0 aliphatic carbocycles. The number of pyridine rings is 1. The van der Waals surface area contributed by atoms with Crippen LogP contribution in [0.25, 0.3) is 0 Å². The fraction of sp³-hybridized carbons (Fsp3) is 0.100. The van der Waals surface area contributed by atoms with Crippen molar-refractivity contribution in [1.29, 1.82) is 0 Å². The summed E-state index contributed by atoms with van der Waals surface area (Å²) in [6.45, 7) is 0. The molecule has 7 heteroatoms. The minimum Gasteiger partial charge on any atom is -0.381 e. The maximum absolute atomic E-state index is 13.6. The number of thioether (sulfide) groups is 1. The molecule has 0 saturated heterocycles. The van der Waals surface area contributed by atoms with Crippen molar-refractivity contribution in [2.45, 2.75) is 4.90 Å². The molecule has 0 fully saturated rings. The molecule has 2 rings (SSSR count). The smallest absolute Gasteiger partial charge is 0.207 e. The number of anilines is 3. The van der Waals surface area contributed by atoms with Crippen LogP contribution in [-0.2, 0) is 0 Å². The SMILES string of the molecule is CSc1cccnc1Nc1ncnc(N)c1F. The van der Waals surface area contributed by atoms with E-state index in [1.54, 1.807) is 6.20 Å². The van der Waals surface area contributed by atoms with E-state index in [4.69, 9.17) is 5.73 Å². The molecule has 2 aromatic heterocycles. The van der Waals surface area contributed by atoms with Gasteiger partial charge in [0.1, 0.15) is 12.1 Å². The second-order valence-corrected chi connectivity index (χ2v) is 3.95. The number of nitrogen functional groups attached to an aromatic ring is 1. The average molecular weight is 251 g/mol. The maximum Gasteiger partial charge on any atom is 0.207 e. The van der Waals surface area contributed by atoms with Gasteiger partial charge in [0.05, 0.1) is 0 Å². The molecule has 17 heavy (non-hydrogen) atoms. The van der Waals surface area contributed by atoms with Gasteiger partial charge in [-0.05, 0) is 18.4 Å². The molecular weight excluding hydrogens is 241 g/mol. The molecule has 3 N–H and O–H groups in total. The molecule has 0 atom stereocenters. The summed E-state index contributed by atoms with van der Waals surface area (Å²) in [5.41, 5.74) is 5.35. The second kappa shape index (κ2) is 4.96. The van der Waals surface area contributed by atoms with Gasteiger partial charge in [0.25, 0.3) is 0 Å². The van der Waals surface area contributed by atoms with Crippen LogP contribution in [0.3, 0.4) is 0 Å². The lowest BCUT2D eigenvalue weighted by atomic mass is 10.4.